The molecule has 0 amide bonds. The Morgan fingerprint density at radius 1 is 1.00 bits per heavy atom. The van der Waals surface area contributed by atoms with Crippen LogP contribution in [0.25, 0.3) is 17.0 Å². The molecular formula is C22H23N2O2S+. The number of hydrogen-bond acceptors (Lipinski definition) is 4. The number of anilines is 1. The highest BCUT2D eigenvalue weighted by Gasteiger charge is 2.24. The van der Waals surface area contributed by atoms with E-state index in [0.29, 0.717) is 0 Å². The molecule has 0 saturated carbocycles. The highest BCUT2D eigenvalue weighted by atomic mass is 32.2. The van der Waals surface area contributed by atoms with E-state index in [1.54, 1.807) is 26.0 Å². The molecule has 4 nitrogen and oxygen atoms in total. The predicted octanol–water partition coefficient (Wildman–Crippen LogP) is 4.70. The van der Waals surface area contributed by atoms with E-state index in [1.165, 1.54) is 32.2 Å². The molecule has 2 heterocycles. The van der Waals surface area contributed by atoms with Gasteiger partial charge in [-0.15, -0.1) is 0 Å². The Labute approximate surface area is 164 Å². The maximum absolute atomic E-state index is 5.38. The first-order valence-corrected chi connectivity index (χ1v) is 9.78. The van der Waals surface area contributed by atoms with E-state index in [1.807, 2.05) is 12.1 Å². The van der Waals surface area contributed by atoms with Gasteiger partial charge in [0.05, 0.1) is 30.3 Å². The molecule has 1 aliphatic rings. The van der Waals surface area contributed by atoms with Gasteiger partial charge >= 0.3 is 0 Å². The van der Waals surface area contributed by atoms with Gasteiger partial charge in [0, 0.05) is 36.2 Å². The van der Waals surface area contributed by atoms with E-state index in [4.69, 9.17) is 9.47 Å². The minimum absolute atomic E-state index is 0.880. The Bertz CT molecular complexity index is 1050. The summed E-state index contributed by atoms with van der Waals surface area (Å²) in [4.78, 5) is 3.47. The zero-order valence-corrected chi connectivity index (χ0v) is 16.8. The lowest BCUT2D eigenvalue weighted by molar-refractivity contribution is -0.669. The van der Waals surface area contributed by atoms with Crippen LogP contribution in [0.3, 0.4) is 0 Å². The molecule has 138 valence electrons. The summed E-state index contributed by atoms with van der Waals surface area (Å²) in [7, 11) is 5.51. The minimum atomic E-state index is 0.880. The summed E-state index contributed by atoms with van der Waals surface area (Å²) in [5.74, 6) is 1.76. The first-order chi connectivity index (χ1) is 13.1. The van der Waals surface area contributed by atoms with E-state index in [-0.39, 0.29) is 0 Å². The van der Waals surface area contributed by atoms with Gasteiger partial charge in [-0.25, -0.2) is 0 Å². The molecule has 2 aromatic carbocycles. The van der Waals surface area contributed by atoms with Crippen molar-refractivity contribution in [2.24, 2.45) is 0 Å². The van der Waals surface area contributed by atoms with Crippen LogP contribution in [0.2, 0.25) is 0 Å². The monoisotopic (exact) mass is 379 g/mol. The number of rotatable bonds is 4. The van der Waals surface area contributed by atoms with Crippen molar-refractivity contribution in [2.45, 2.75) is 18.4 Å². The first-order valence-electron chi connectivity index (χ1n) is 8.96. The maximum Gasteiger partial charge on any atom is 0.213 e. The summed E-state index contributed by atoms with van der Waals surface area (Å²) in [6.45, 7) is 3.08. The van der Waals surface area contributed by atoms with Gasteiger partial charge in [-0.05, 0) is 37.3 Å². The van der Waals surface area contributed by atoms with E-state index >= 15 is 0 Å². The number of fused-ring (bicyclic) bond motifs is 2. The molecule has 0 radical (unpaired) electrons. The number of pyridine rings is 1. The van der Waals surface area contributed by atoms with E-state index < -0.39 is 0 Å². The second kappa shape index (κ2) is 7.16. The van der Waals surface area contributed by atoms with Crippen LogP contribution in [-0.2, 0) is 6.54 Å². The zero-order chi connectivity index (χ0) is 19.0. The molecule has 0 spiro atoms. The van der Waals surface area contributed by atoms with Crippen molar-refractivity contribution in [1.82, 2.24) is 0 Å². The van der Waals surface area contributed by atoms with Crippen molar-refractivity contribution in [3.05, 3.63) is 59.3 Å². The summed E-state index contributed by atoms with van der Waals surface area (Å²) >= 11 is 1.79. The minimum Gasteiger partial charge on any atom is -0.497 e. The first kappa shape index (κ1) is 17.7. The quantitative estimate of drug-likeness (QED) is 0.614. The van der Waals surface area contributed by atoms with Crippen molar-refractivity contribution in [2.75, 3.05) is 26.2 Å². The smallest absolute Gasteiger partial charge is 0.213 e. The molecule has 0 fully saturated rings. The Kier molecular flexibility index (Phi) is 4.70. The van der Waals surface area contributed by atoms with Crippen molar-refractivity contribution in [1.29, 1.82) is 0 Å². The highest BCUT2D eigenvalue weighted by Crippen LogP contribution is 2.46. The number of hydrogen-bond donors (Lipinski definition) is 0. The third-order valence-corrected chi connectivity index (χ3v) is 6.10. The van der Waals surface area contributed by atoms with Crippen molar-refractivity contribution < 1.29 is 14.0 Å². The van der Waals surface area contributed by atoms with Crippen LogP contribution in [0.5, 0.6) is 11.5 Å². The number of ether oxygens (including phenoxy) is 2. The molecule has 3 aromatic rings. The third-order valence-electron chi connectivity index (χ3n) is 4.93. The van der Waals surface area contributed by atoms with Crippen LogP contribution in [-0.4, -0.2) is 21.3 Å². The number of benzene rings is 2. The summed E-state index contributed by atoms with van der Waals surface area (Å²) in [5, 5.41) is 2.38. The van der Waals surface area contributed by atoms with Gasteiger partial charge in [0.2, 0.25) is 11.2 Å². The molecule has 0 unspecified atom stereocenters. The van der Waals surface area contributed by atoms with Crippen LogP contribution in [0.1, 0.15) is 12.6 Å². The van der Waals surface area contributed by atoms with Crippen LogP contribution in [0, 0.1) is 0 Å². The molecule has 0 N–H and O–H groups in total. The molecule has 0 atom stereocenters. The lowest BCUT2D eigenvalue weighted by Gasteiger charge is -2.14. The van der Waals surface area contributed by atoms with Gasteiger partial charge < -0.3 is 14.4 Å². The highest BCUT2D eigenvalue weighted by molar-refractivity contribution is 8.03. The average molecular weight is 380 g/mol. The largest absolute Gasteiger partial charge is 0.497 e. The van der Waals surface area contributed by atoms with E-state index in [2.05, 4.69) is 65.9 Å². The molecule has 1 aliphatic heterocycles. The molecule has 0 bridgehead atoms. The fourth-order valence-corrected chi connectivity index (χ4v) is 4.52. The van der Waals surface area contributed by atoms with Gasteiger partial charge in [0.25, 0.3) is 0 Å². The standard InChI is InChI=1S/C22H23N2O2S/c1-5-24-16(7-6-15-12-17(25-3)8-10-19(15)24)13-22-23(2)20-14-18(26-4)9-11-21(20)27-22/h6-14H,5H2,1-4H3/q+1. The van der Waals surface area contributed by atoms with Gasteiger partial charge in [-0.3, -0.25) is 0 Å². The summed E-state index contributed by atoms with van der Waals surface area (Å²) in [6.07, 6.45) is 2.25. The van der Waals surface area contributed by atoms with Crippen molar-refractivity contribution >= 4 is 34.4 Å². The number of nitrogens with zero attached hydrogens (tertiary/aromatic N) is 2. The Morgan fingerprint density at radius 3 is 2.48 bits per heavy atom. The van der Waals surface area contributed by atoms with Gasteiger partial charge in [0.1, 0.15) is 18.0 Å². The van der Waals surface area contributed by atoms with Crippen molar-refractivity contribution in [3.8, 4) is 11.5 Å². The fourth-order valence-electron chi connectivity index (χ4n) is 3.45. The van der Waals surface area contributed by atoms with Gasteiger partial charge in [-0.2, -0.15) is 4.57 Å². The van der Waals surface area contributed by atoms with E-state index in [0.717, 1.165) is 18.0 Å². The molecule has 0 aliphatic carbocycles. The maximum atomic E-state index is 5.38. The van der Waals surface area contributed by atoms with Crippen LogP contribution in [0.15, 0.2) is 58.5 Å². The Morgan fingerprint density at radius 2 is 1.74 bits per heavy atom. The summed E-state index contributed by atoms with van der Waals surface area (Å²) in [6, 6.07) is 16.8. The average Bonchev–Trinajstić information content (AvgIpc) is 3.02. The summed E-state index contributed by atoms with van der Waals surface area (Å²) < 4.78 is 13.1. The second-order valence-corrected chi connectivity index (χ2v) is 7.47. The molecule has 5 heteroatoms. The molecular weight excluding hydrogens is 356 g/mol. The molecule has 4 rings (SSSR count). The molecule has 1 aromatic heterocycles. The topological polar surface area (TPSA) is 25.6 Å². The lowest BCUT2D eigenvalue weighted by atomic mass is 10.1. The third kappa shape index (κ3) is 3.12. The van der Waals surface area contributed by atoms with Crippen LogP contribution >= 0.6 is 11.8 Å². The normalized spacial score (nSPS) is 14.7. The predicted molar refractivity (Wildman–Crippen MR) is 112 cm³/mol. The van der Waals surface area contributed by atoms with Crippen molar-refractivity contribution in [3.63, 3.8) is 0 Å². The molecule has 0 saturated heterocycles. The second-order valence-electron chi connectivity index (χ2n) is 6.40. The van der Waals surface area contributed by atoms with E-state index in [9.17, 15) is 0 Å². The lowest BCUT2D eigenvalue weighted by Crippen LogP contribution is -2.36. The zero-order valence-electron chi connectivity index (χ0n) is 16.0. The molecule has 27 heavy (non-hydrogen) atoms. The Balaban J connectivity index is 1.77. The van der Waals surface area contributed by atoms with Gasteiger partial charge in [0.15, 0.2) is 0 Å². The Hall–Kier alpha value is -2.66. The summed E-state index contributed by atoms with van der Waals surface area (Å²) in [5.41, 5.74) is 3.57. The number of thioether (sulfide) groups is 1. The van der Waals surface area contributed by atoms with Gasteiger partial charge in [-0.1, -0.05) is 11.8 Å². The number of methoxy groups -OCH3 is 2. The number of aromatic nitrogens is 1. The SMILES string of the molecule is CC[n+]1c(C=C2Sc3ccc(OC)cc3N2C)ccc2cc(OC)ccc21. The van der Waals surface area contributed by atoms with Crippen LogP contribution < -0.4 is 18.9 Å². The van der Waals surface area contributed by atoms with Crippen LogP contribution in [0.4, 0.5) is 5.69 Å². The fraction of sp³-hybridized carbons (Fsp3) is 0.227. The number of aryl methyl sites for hydroxylation is 1.